The minimum Gasteiger partial charge on any atom is -0.507 e. The van der Waals surface area contributed by atoms with Gasteiger partial charge in [0.15, 0.2) is 0 Å². The number of hydrogen-bond acceptors (Lipinski definition) is 9. The van der Waals surface area contributed by atoms with Crippen LogP contribution in [0.2, 0.25) is 0 Å². The Morgan fingerprint density at radius 3 is 2.69 bits per heavy atom. The Kier molecular flexibility index (Phi) is 6.01. The molecule has 0 amide bonds. The number of thioether (sulfide) groups is 1. The third-order valence-corrected chi connectivity index (χ3v) is 7.94. The molecular formula is C25H28FN7OS. The number of phenols is 1. The molecule has 1 aliphatic carbocycles. The summed E-state index contributed by atoms with van der Waals surface area (Å²) in [5.74, 6) is 0.565. The van der Waals surface area contributed by atoms with Gasteiger partial charge in [0, 0.05) is 29.3 Å². The number of nitrogens with zero attached hydrogens (tertiary/aromatic N) is 6. The van der Waals surface area contributed by atoms with E-state index in [9.17, 15) is 5.11 Å². The molecule has 1 aromatic carbocycles. The molecule has 3 aromatic rings. The van der Waals surface area contributed by atoms with E-state index in [-0.39, 0.29) is 23.9 Å². The minimum absolute atomic E-state index is 0.0842. The summed E-state index contributed by atoms with van der Waals surface area (Å²) in [6, 6.07) is 7.66. The van der Waals surface area contributed by atoms with Crippen LogP contribution < -0.4 is 10.2 Å². The van der Waals surface area contributed by atoms with Crippen LogP contribution in [0, 0.1) is 0 Å². The van der Waals surface area contributed by atoms with Crippen molar-refractivity contribution in [3.05, 3.63) is 36.7 Å². The molecule has 10 heteroatoms. The molecule has 0 spiro atoms. The van der Waals surface area contributed by atoms with Crippen molar-refractivity contribution in [2.75, 3.05) is 11.2 Å². The van der Waals surface area contributed by atoms with Gasteiger partial charge in [0.1, 0.15) is 22.6 Å². The average molecular weight is 494 g/mol. The Labute approximate surface area is 207 Å². The summed E-state index contributed by atoms with van der Waals surface area (Å²) >= 11 is 1.51. The topological polar surface area (TPSA) is 100.0 Å². The van der Waals surface area contributed by atoms with Crippen LogP contribution in [-0.2, 0) is 0 Å². The zero-order valence-electron chi connectivity index (χ0n) is 19.5. The zero-order valence-corrected chi connectivity index (χ0v) is 20.3. The molecule has 8 nitrogen and oxygen atoms in total. The van der Waals surface area contributed by atoms with Crippen LogP contribution >= 0.6 is 11.8 Å². The van der Waals surface area contributed by atoms with E-state index in [4.69, 9.17) is 0 Å². The first kappa shape index (κ1) is 22.6. The molecule has 2 aliphatic heterocycles. The predicted molar refractivity (Wildman–Crippen MR) is 133 cm³/mol. The number of halogens is 1. The molecule has 4 heterocycles. The second kappa shape index (κ2) is 9.31. The molecule has 3 aliphatic rings. The van der Waals surface area contributed by atoms with Crippen molar-refractivity contribution in [1.82, 2.24) is 30.7 Å². The lowest BCUT2D eigenvalue weighted by Gasteiger charge is -2.46. The second-order valence-corrected chi connectivity index (χ2v) is 10.5. The lowest BCUT2D eigenvalue weighted by molar-refractivity contribution is 0.103. The number of aromatic nitrogens is 5. The first-order chi connectivity index (χ1) is 17.1. The third kappa shape index (κ3) is 4.45. The monoisotopic (exact) mass is 493 g/mol. The maximum atomic E-state index is 15.4. The minimum atomic E-state index is -0.943. The number of fused-ring (bicyclic) bond motifs is 2. The van der Waals surface area contributed by atoms with Crippen LogP contribution in [-0.4, -0.2) is 67.1 Å². The Morgan fingerprint density at radius 1 is 1.06 bits per heavy atom. The molecule has 6 rings (SSSR count). The lowest BCUT2D eigenvalue weighted by Crippen LogP contribution is -2.62. The van der Waals surface area contributed by atoms with Crippen molar-refractivity contribution in [2.45, 2.75) is 73.9 Å². The van der Waals surface area contributed by atoms with E-state index in [1.807, 2.05) is 18.4 Å². The Bertz CT molecular complexity index is 1210. The smallest absolute Gasteiger partial charge is 0.245 e. The molecule has 2 bridgehead atoms. The normalized spacial score (nSPS) is 25.9. The van der Waals surface area contributed by atoms with Crippen molar-refractivity contribution in [3.8, 4) is 28.1 Å². The number of rotatable bonds is 6. The summed E-state index contributed by atoms with van der Waals surface area (Å²) in [4.78, 5) is 6.68. The molecular weight excluding hydrogens is 465 g/mol. The fourth-order valence-corrected chi connectivity index (χ4v) is 5.80. The highest BCUT2D eigenvalue weighted by molar-refractivity contribution is 7.98. The zero-order chi connectivity index (χ0) is 23.9. The maximum Gasteiger partial charge on any atom is 0.245 e. The van der Waals surface area contributed by atoms with Crippen molar-refractivity contribution in [2.24, 2.45) is 0 Å². The highest BCUT2D eigenvalue weighted by Crippen LogP contribution is 2.39. The standard InChI is InChI=1S/C25H28FN7OS/c1-35-23-10-15(12-28-31-23)14-5-8-18(22(34)9-14)20-13-27-25(32-30-20)33(17-6-7-17)21-11-16-3-2-4-19(29-16)24(21)26/h5,8-10,12-13,16-17,19,21,24,29,34H,2-4,6-7,11H2,1H3/t16-,19-,21-,24+/m0/s1. The lowest BCUT2D eigenvalue weighted by atomic mass is 9.82. The molecule has 2 aromatic heterocycles. The quantitative estimate of drug-likeness (QED) is 0.493. The van der Waals surface area contributed by atoms with Gasteiger partial charge in [-0.05, 0) is 62.1 Å². The number of nitrogens with one attached hydrogen (secondary N) is 1. The van der Waals surface area contributed by atoms with Crippen LogP contribution in [0.3, 0.4) is 0 Å². The molecule has 0 radical (unpaired) electrons. The van der Waals surface area contributed by atoms with E-state index in [0.717, 1.165) is 54.7 Å². The van der Waals surface area contributed by atoms with Gasteiger partial charge in [-0.1, -0.05) is 12.5 Å². The second-order valence-electron chi connectivity index (χ2n) is 9.65. The molecule has 182 valence electrons. The van der Waals surface area contributed by atoms with Gasteiger partial charge in [-0.2, -0.15) is 5.10 Å². The average Bonchev–Trinajstić information content (AvgIpc) is 3.73. The number of hydrogen-bond donors (Lipinski definition) is 2. The van der Waals surface area contributed by atoms with Gasteiger partial charge in [-0.3, -0.25) is 0 Å². The predicted octanol–water partition coefficient (Wildman–Crippen LogP) is 4.01. The molecule has 0 unspecified atom stereocenters. The molecule has 2 N–H and O–H groups in total. The number of piperidine rings is 2. The van der Waals surface area contributed by atoms with Gasteiger partial charge in [0.05, 0.1) is 18.4 Å². The number of aromatic hydroxyl groups is 1. The van der Waals surface area contributed by atoms with Crippen molar-refractivity contribution >= 4 is 17.7 Å². The van der Waals surface area contributed by atoms with Gasteiger partial charge in [0.2, 0.25) is 5.95 Å². The van der Waals surface area contributed by atoms with Crippen LogP contribution in [0.25, 0.3) is 22.4 Å². The van der Waals surface area contributed by atoms with Crippen LogP contribution in [0.5, 0.6) is 5.75 Å². The first-order valence-corrected chi connectivity index (χ1v) is 13.4. The van der Waals surface area contributed by atoms with Crippen LogP contribution in [0.15, 0.2) is 41.7 Å². The number of anilines is 1. The number of alkyl halides is 1. The van der Waals surface area contributed by atoms with Crippen molar-refractivity contribution < 1.29 is 9.50 Å². The highest BCUT2D eigenvalue weighted by atomic mass is 32.2. The fraction of sp³-hybridized carbons (Fsp3) is 0.480. The van der Waals surface area contributed by atoms with Gasteiger partial charge >= 0.3 is 0 Å². The summed E-state index contributed by atoms with van der Waals surface area (Å²) in [6.07, 6.45) is 10.2. The van der Waals surface area contributed by atoms with E-state index in [0.29, 0.717) is 23.2 Å². The van der Waals surface area contributed by atoms with E-state index < -0.39 is 6.17 Å². The van der Waals surface area contributed by atoms with E-state index >= 15 is 4.39 Å². The molecule has 35 heavy (non-hydrogen) atoms. The van der Waals surface area contributed by atoms with E-state index in [2.05, 4.69) is 35.6 Å². The summed E-state index contributed by atoms with van der Waals surface area (Å²) < 4.78 is 15.4. The highest BCUT2D eigenvalue weighted by Gasteiger charge is 2.47. The summed E-state index contributed by atoms with van der Waals surface area (Å²) in [7, 11) is 0. The van der Waals surface area contributed by atoms with Crippen LogP contribution in [0.4, 0.5) is 10.3 Å². The molecule has 2 saturated heterocycles. The SMILES string of the molecule is CSc1cc(-c2ccc(-c3cnc(N(C4CC4)[C@H]4C[C@@H]5CCC[C@H](N5)[C@H]4F)nn3)c(O)c2)cnn1. The largest absolute Gasteiger partial charge is 0.507 e. The van der Waals surface area contributed by atoms with Crippen molar-refractivity contribution in [3.63, 3.8) is 0 Å². The Hall–Kier alpha value is -2.85. The number of phenolic OH excluding ortho intramolecular Hbond substituents is 1. The molecule has 1 saturated carbocycles. The van der Waals surface area contributed by atoms with Crippen LogP contribution in [0.1, 0.15) is 38.5 Å². The number of benzene rings is 1. The van der Waals surface area contributed by atoms with E-state index in [1.54, 1.807) is 24.5 Å². The van der Waals surface area contributed by atoms with Gasteiger partial charge in [-0.15, -0.1) is 27.1 Å². The Morgan fingerprint density at radius 2 is 1.94 bits per heavy atom. The van der Waals surface area contributed by atoms with Gasteiger partial charge < -0.3 is 15.3 Å². The summed E-state index contributed by atoms with van der Waals surface area (Å²) in [5, 5.41) is 31.9. The fourth-order valence-electron chi connectivity index (χ4n) is 5.43. The van der Waals surface area contributed by atoms with Gasteiger partial charge in [0.25, 0.3) is 0 Å². The Balaban J connectivity index is 1.25. The maximum absolute atomic E-state index is 15.4. The summed E-state index contributed by atoms with van der Waals surface area (Å²) in [6.45, 7) is 0. The molecule has 4 atom stereocenters. The van der Waals surface area contributed by atoms with Crippen molar-refractivity contribution in [1.29, 1.82) is 0 Å². The molecule has 3 fully saturated rings. The first-order valence-electron chi connectivity index (χ1n) is 12.2. The third-order valence-electron chi connectivity index (χ3n) is 7.32. The summed E-state index contributed by atoms with van der Waals surface area (Å²) in [5.41, 5.74) is 2.73. The van der Waals surface area contributed by atoms with Gasteiger partial charge in [-0.25, -0.2) is 9.37 Å². The van der Waals surface area contributed by atoms with E-state index in [1.165, 1.54) is 11.8 Å².